The van der Waals surface area contributed by atoms with Gasteiger partial charge in [0.1, 0.15) is 5.75 Å². The van der Waals surface area contributed by atoms with Crippen LogP contribution in [0.5, 0.6) is 5.75 Å². The second-order valence-electron chi connectivity index (χ2n) is 6.09. The SMILES string of the molecule is Cc1cc(OC(C)C)ccc1NC(=O)N(C)C[C@H]1CCCO1. The van der Waals surface area contributed by atoms with E-state index in [0.29, 0.717) is 6.54 Å². The zero-order valence-corrected chi connectivity index (χ0v) is 13.9. The predicted octanol–water partition coefficient (Wildman–Crippen LogP) is 3.42. The van der Waals surface area contributed by atoms with Gasteiger partial charge in [-0.3, -0.25) is 0 Å². The smallest absolute Gasteiger partial charge is 0.321 e. The molecular weight excluding hydrogens is 280 g/mol. The zero-order valence-electron chi connectivity index (χ0n) is 13.9. The van der Waals surface area contributed by atoms with E-state index in [9.17, 15) is 4.79 Å². The minimum absolute atomic E-state index is 0.115. The van der Waals surface area contributed by atoms with E-state index in [4.69, 9.17) is 9.47 Å². The number of aryl methyl sites for hydroxylation is 1. The van der Waals surface area contributed by atoms with E-state index in [0.717, 1.165) is 36.4 Å². The van der Waals surface area contributed by atoms with Gasteiger partial charge < -0.3 is 19.7 Å². The van der Waals surface area contributed by atoms with Crippen LogP contribution >= 0.6 is 0 Å². The minimum Gasteiger partial charge on any atom is -0.491 e. The van der Waals surface area contributed by atoms with Gasteiger partial charge in [-0.25, -0.2) is 4.79 Å². The van der Waals surface area contributed by atoms with Gasteiger partial charge in [0, 0.05) is 25.9 Å². The van der Waals surface area contributed by atoms with Crippen molar-refractivity contribution < 1.29 is 14.3 Å². The van der Waals surface area contributed by atoms with Crippen molar-refractivity contribution >= 4 is 11.7 Å². The van der Waals surface area contributed by atoms with E-state index < -0.39 is 0 Å². The molecule has 1 heterocycles. The number of benzene rings is 1. The number of hydrogen-bond acceptors (Lipinski definition) is 3. The van der Waals surface area contributed by atoms with E-state index in [1.54, 1.807) is 11.9 Å². The van der Waals surface area contributed by atoms with Crippen LogP contribution < -0.4 is 10.1 Å². The molecular formula is C17H26N2O3. The first-order valence-electron chi connectivity index (χ1n) is 7.86. The lowest BCUT2D eigenvalue weighted by molar-refractivity contribution is 0.0894. The van der Waals surface area contributed by atoms with E-state index >= 15 is 0 Å². The first-order valence-corrected chi connectivity index (χ1v) is 7.86. The van der Waals surface area contributed by atoms with Gasteiger partial charge in [0.2, 0.25) is 0 Å². The second-order valence-corrected chi connectivity index (χ2v) is 6.09. The Labute approximate surface area is 132 Å². The van der Waals surface area contributed by atoms with Crippen LogP contribution in [0.15, 0.2) is 18.2 Å². The Morgan fingerprint density at radius 1 is 1.50 bits per heavy atom. The normalized spacial score (nSPS) is 17.6. The molecule has 1 fully saturated rings. The second kappa shape index (κ2) is 7.49. The largest absolute Gasteiger partial charge is 0.491 e. The Morgan fingerprint density at radius 3 is 2.86 bits per heavy atom. The van der Waals surface area contributed by atoms with Crippen LogP contribution in [0.25, 0.3) is 0 Å². The third-order valence-corrected chi connectivity index (χ3v) is 3.66. The molecule has 1 aromatic rings. The molecule has 22 heavy (non-hydrogen) atoms. The fourth-order valence-corrected chi connectivity index (χ4v) is 2.51. The maximum absolute atomic E-state index is 12.2. The third kappa shape index (κ3) is 4.63. The molecule has 1 aliphatic rings. The zero-order chi connectivity index (χ0) is 16.1. The van der Waals surface area contributed by atoms with Crippen molar-refractivity contribution in [3.05, 3.63) is 23.8 Å². The van der Waals surface area contributed by atoms with E-state index in [2.05, 4.69) is 5.32 Å². The lowest BCUT2D eigenvalue weighted by Gasteiger charge is -2.22. The van der Waals surface area contributed by atoms with E-state index in [1.165, 1.54) is 0 Å². The van der Waals surface area contributed by atoms with Crippen molar-refractivity contribution in [1.82, 2.24) is 4.90 Å². The Bertz CT molecular complexity index is 511. The molecule has 2 rings (SSSR count). The number of nitrogens with one attached hydrogen (secondary N) is 1. The summed E-state index contributed by atoms with van der Waals surface area (Å²) in [6.07, 6.45) is 2.41. The molecule has 0 aliphatic carbocycles. The highest BCUT2D eigenvalue weighted by atomic mass is 16.5. The lowest BCUT2D eigenvalue weighted by atomic mass is 10.2. The first kappa shape index (κ1) is 16.6. The summed E-state index contributed by atoms with van der Waals surface area (Å²) in [6, 6.07) is 5.58. The van der Waals surface area contributed by atoms with Crippen LogP contribution in [0.2, 0.25) is 0 Å². The number of hydrogen-bond donors (Lipinski definition) is 1. The topological polar surface area (TPSA) is 50.8 Å². The van der Waals surface area contributed by atoms with E-state index in [-0.39, 0.29) is 18.2 Å². The summed E-state index contributed by atoms with van der Waals surface area (Å²) >= 11 is 0. The minimum atomic E-state index is -0.115. The van der Waals surface area contributed by atoms with Crippen molar-refractivity contribution in [3.8, 4) is 5.75 Å². The highest BCUT2D eigenvalue weighted by Crippen LogP contribution is 2.22. The standard InChI is InChI=1S/C17H26N2O3/c1-12(2)22-14-7-8-16(13(3)10-14)18-17(20)19(4)11-15-6-5-9-21-15/h7-8,10,12,15H,5-6,9,11H2,1-4H3,(H,18,20)/t15-/m1/s1. The molecule has 5 nitrogen and oxygen atoms in total. The summed E-state index contributed by atoms with van der Waals surface area (Å²) in [5.74, 6) is 0.818. The average molecular weight is 306 g/mol. The summed E-state index contributed by atoms with van der Waals surface area (Å²) in [6.45, 7) is 7.37. The number of likely N-dealkylation sites (N-methyl/N-ethyl adjacent to an activating group) is 1. The number of carbonyl (C=O) groups is 1. The number of rotatable bonds is 5. The quantitative estimate of drug-likeness (QED) is 0.907. The number of ether oxygens (including phenoxy) is 2. The monoisotopic (exact) mass is 306 g/mol. The summed E-state index contributed by atoms with van der Waals surface area (Å²) in [5.41, 5.74) is 1.79. The maximum Gasteiger partial charge on any atom is 0.321 e. The van der Waals surface area contributed by atoms with Crippen LogP contribution in [0.3, 0.4) is 0 Å². The lowest BCUT2D eigenvalue weighted by Crippen LogP contribution is -2.37. The number of nitrogens with zero attached hydrogens (tertiary/aromatic N) is 1. The number of urea groups is 1. The van der Waals surface area contributed by atoms with Crippen LogP contribution in [0.4, 0.5) is 10.5 Å². The molecule has 1 aromatic carbocycles. The molecule has 0 saturated carbocycles. The summed E-state index contributed by atoms with van der Waals surface area (Å²) in [4.78, 5) is 13.9. The van der Waals surface area contributed by atoms with E-state index in [1.807, 2.05) is 39.0 Å². The highest BCUT2D eigenvalue weighted by Gasteiger charge is 2.20. The van der Waals surface area contributed by atoms with Gasteiger partial charge in [0.25, 0.3) is 0 Å². The summed E-state index contributed by atoms with van der Waals surface area (Å²) in [5, 5.41) is 2.94. The van der Waals surface area contributed by atoms with Gasteiger partial charge >= 0.3 is 6.03 Å². The van der Waals surface area contributed by atoms with Gasteiger partial charge in [0.05, 0.1) is 12.2 Å². The van der Waals surface area contributed by atoms with Crippen molar-refractivity contribution in [2.45, 2.75) is 45.8 Å². The summed E-state index contributed by atoms with van der Waals surface area (Å²) in [7, 11) is 1.79. The Balaban J connectivity index is 1.92. The molecule has 1 N–H and O–H groups in total. The third-order valence-electron chi connectivity index (χ3n) is 3.66. The van der Waals surface area contributed by atoms with Crippen LogP contribution in [-0.4, -0.2) is 43.3 Å². The predicted molar refractivity (Wildman–Crippen MR) is 87.6 cm³/mol. The first-order chi connectivity index (χ1) is 10.5. The molecule has 0 radical (unpaired) electrons. The van der Waals surface area contributed by atoms with Crippen LogP contribution in [0, 0.1) is 6.92 Å². The Kier molecular flexibility index (Phi) is 5.66. The van der Waals surface area contributed by atoms with Crippen molar-refractivity contribution in [1.29, 1.82) is 0 Å². The highest BCUT2D eigenvalue weighted by molar-refractivity contribution is 5.90. The van der Waals surface area contributed by atoms with Gasteiger partial charge in [-0.15, -0.1) is 0 Å². The van der Waals surface area contributed by atoms with Gasteiger partial charge in [-0.1, -0.05) is 0 Å². The Morgan fingerprint density at radius 2 is 2.27 bits per heavy atom. The van der Waals surface area contributed by atoms with Crippen LogP contribution in [0.1, 0.15) is 32.3 Å². The molecule has 0 aromatic heterocycles. The van der Waals surface area contributed by atoms with Crippen molar-refractivity contribution in [3.63, 3.8) is 0 Å². The average Bonchev–Trinajstić information content (AvgIpc) is 2.94. The molecule has 0 bridgehead atoms. The van der Waals surface area contributed by atoms with Crippen molar-refractivity contribution in [2.75, 3.05) is 25.5 Å². The molecule has 5 heteroatoms. The molecule has 2 amide bonds. The van der Waals surface area contributed by atoms with Crippen LogP contribution in [-0.2, 0) is 4.74 Å². The van der Waals surface area contributed by atoms with Gasteiger partial charge in [0.15, 0.2) is 0 Å². The maximum atomic E-state index is 12.2. The molecule has 122 valence electrons. The molecule has 0 unspecified atom stereocenters. The molecule has 1 atom stereocenters. The van der Waals surface area contributed by atoms with Gasteiger partial charge in [-0.2, -0.15) is 0 Å². The van der Waals surface area contributed by atoms with Gasteiger partial charge in [-0.05, 0) is 57.4 Å². The molecule has 1 aliphatic heterocycles. The fourth-order valence-electron chi connectivity index (χ4n) is 2.51. The Hall–Kier alpha value is -1.75. The molecule has 0 spiro atoms. The number of anilines is 1. The summed E-state index contributed by atoms with van der Waals surface area (Å²) < 4.78 is 11.2. The number of carbonyl (C=O) groups excluding carboxylic acids is 1. The fraction of sp³-hybridized carbons (Fsp3) is 0.588. The van der Waals surface area contributed by atoms with Crippen molar-refractivity contribution in [2.24, 2.45) is 0 Å². The molecule has 1 saturated heterocycles. The number of amides is 2.